The summed E-state index contributed by atoms with van der Waals surface area (Å²) in [5, 5.41) is 14.3. The number of pyridine rings is 1. The van der Waals surface area contributed by atoms with Gasteiger partial charge in [0.2, 0.25) is 11.8 Å². The molecule has 1 saturated heterocycles. The van der Waals surface area contributed by atoms with E-state index in [1.807, 2.05) is 29.8 Å². The largest absolute Gasteiger partial charge is 0.469 e. The highest BCUT2D eigenvalue weighted by Gasteiger charge is 2.28. The number of hydrogen-bond donors (Lipinski definition) is 1. The molecule has 0 spiro atoms. The van der Waals surface area contributed by atoms with Gasteiger partial charge in [0.25, 0.3) is 0 Å². The van der Waals surface area contributed by atoms with Gasteiger partial charge in [-0.1, -0.05) is 12.5 Å². The van der Waals surface area contributed by atoms with Crippen LogP contribution in [-0.4, -0.2) is 54.9 Å². The lowest BCUT2D eigenvalue weighted by molar-refractivity contribution is -0.0810. The van der Waals surface area contributed by atoms with Crippen LogP contribution in [0.3, 0.4) is 0 Å². The summed E-state index contributed by atoms with van der Waals surface area (Å²) in [4.78, 5) is 13.7. The predicted octanol–water partition coefficient (Wildman–Crippen LogP) is 3.56. The van der Waals surface area contributed by atoms with E-state index < -0.39 is 0 Å². The molecule has 5 heterocycles. The number of anilines is 1. The van der Waals surface area contributed by atoms with Gasteiger partial charge in [-0.2, -0.15) is 4.98 Å². The van der Waals surface area contributed by atoms with E-state index in [9.17, 15) is 0 Å². The van der Waals surface area contributed by atoms with Crippen molar-refractivity contribution in [1.82, 2.24) is 29.5 Å². The lowest BCUT2D eigenvalue weighted by Gasteiger charge is -2.29. The Morgan fingerprint density at radius 1 is 1.16 bits per heavy atom. The lowest BCUT2D eigenvalue weighted by atomic mass is 9.85. The average Bonchev–Trinajstić information content (AvgIpc) is 3.47. The minimum Gasteiger partial charge on any atom is -0.469 e. The van der Waals surface area contributed by atoms with Crippen LogP contribution in [0.1, 0.15) is 37.4 Å². The second-order valence-corrected chi connectivity index (χ2v) is 8.97. The molecule has 0 aromatic carbocycles. The fourth-order valence-electron chi connectivity index (χ4n) is 4.36. The molecule has 1 N–H and O–H groups in total. The highest BCUT2D eigenvalue weighted by atomic mass is 32.1. The van der Waals surface area contributed by atoms with Gasteiger partial charge >= 0.3 is 0 Å². The van der Waals surface area contributed by atoms with E-state index in [2.05, 4.69) is 29.9 Å². The zero-order valence-corrected chi connectivity index (χ0v) is 18.2. The third-order valence-corrected chi connectivity index (χ3v) is 6.65. The molecule has 1 aliphatic carbocycles. The number of rotatable bonds is 6. The Morgan fingerprint density at radius 2 is 2.12 bits per heavy atom. The molecule has 32 heavy (non-hydrogen) atoms. The first-order chi connectivity index (χ1) is 15.8. The standard InChI is InChI=1S/C22H23N7O2S/c1-2-7-29-19(6-1)27-28-20(29)14-4-3-5-15(8-14)25-22-23-9-17(18-12-32-13-24-18)21(26-22)31-16-10-30-11-16/h1-2,6-7,9,12-16H,3-5,8,10-11H2,(H,23,25,26)/t14-,15+/m0/s1. The molecule has 2 atom stereocenters. The fraction of sp³-hybridized carbons (Fsp3) is 0.409. The number of fused-ring (bicyclic) bond motifs is 1. The topological polar surface area (TPSA) is 99.4 Å². The minimum atomic E-state index is 0.0235. The first-order valence-corrected chi connectivity index (χ1v) is 11.8. The van der Waals surface area contributed by atoms with Crippen LogP contribution in [-0.2, 0) is 4.74 Å². The van der Waals surface area contributed by atoms with Gasteiger partial charge < -0.3 is 14.8 Å². The first-order valence-electron chi connectivity index (χ1n) is 10.9. The third-order valence-electron chi connectivity index (χ3n) is 6.06. The second kappa shape index (κ2) is 8.44. The Labute approximate surface area is 188 Å². The van der Waals surface area contributed by atoms with E-state index in [4.69, 9.17) is 14.5 Å². The van der Waals surface area contributed by atoms with E-state index in [0.717, 1.165) is 48.4 Å². The second-order valence-electron chi connectivity index (χ2n) is 8.26. The Balaban J connectivity index is 1.22. The van der Waals surface area contributed by atoms with Crippen LogP contribution < -0.4 is 10.1 Å². The smallest absolute Gasteiger partial charge is 0.228 e. The van der Waals surface area contributed by atoms with Gasteiger partial charge in [0.1, 0.15) is 11.9 Å². The van der Waals surface area contributed by atoms with Crippen molar-refractivity contribution < 1.29 is 9.47 Å². The fourth-order valence-corrected chi connectivity index (χ4v) is 4.92. The number of nitrogens with zero attached hydrogens (tertiary/aromatic N) is 6. The summed E-state index contributed by atoms with van der Waals surface area (Å²) < 4.78 is 13.4. The molecule has 4 aromatic rings. The molecule has 2 fully saturated rings. The van der Waals surface area contributed by atoms with Gasteiger partial charge in [0.05, 0.1) is 30.0 Å². The normalized spacial score (nSPS) is 21.4. The third kappa shape index (κ3) is 3.80. The van der Waals surface area contributed by atoms with E-state index in [0.29, 0.717) is 31.0 Å². The molecular formula is C22H23N7O2S. The lowest BCUT2D eigenvalue weighted by Crippen LogP contribution is -2.39. The summed E-state index contributed by atoms with van der Waals surface area (Å²) in [5.74, 6) is 2.50. The first kappa shape index (κ1) is 19.6. The summed E-state index contributed by atoms with van der Waals surface area (Å²) in [6.45, 7) is 1.17. The quantitative estimate of drug-likeness (QED) is 0.477. The van der Waals surface area contributed by atoms with Crippen LogP contribution in [0.15, 0.2) is 41.5 Å². The monoisotopic (exact) mass is 449 g/mol. The van der Waals surface area contributed by atoms with Crippen molar-refractivity contribution >= 4 is 22.9 Å². The van der Waals surface area contributed by atoms with E-state index >= 15 is 0 Å². The van der Waals surface area contributed by atoms with Crippen molar-refractivity contribution in [2.45, 2.75) is 43.7 Å². The average molecular weight is 450 g/mol. The maximum absolute atomic E-state index is 6.09. The number of ether oxygens (including phenoxy) is 2. The molecule has 0 bridgehead atoms. The Bertz CT molecular complexity index is 1210. The maximum atomic E-state index is 6.09. The molecule has 6 rings (SSSR count). The Morgan fingerprint density at radius 3 is 2.97 bits per heavy atom. The zero-order valence-electron chi connectivity index (χ0n) is 17.4. The molecule has 1 aliphatic heterocycles. The van der Waals surface area contributed by atoms with Crippen molar-refractivity contribution in [3.8, 4) is 17.1 Å². The van der Waals surface area contributed by atoms with Crippen molar-refractivity contribution in [3.63, 3.8) is 0 Å². The zero-order chi connectivity index (χ0) is 21.3. The highest BCUT2D eigenvalue weighted by Crippen LogP contribution is 2.34. The Kier molecular flexibility index (Phi) is 5.16. The summed E-state index contributed by atoms with van der Waals surface area (Å²) in [5.41, 5.74) is 4.32. The van der Waals surface area contributed by atoms with Gasteiger partial charge in [0.15, 0.2) is 5.65 Å². The molecular weight excluding hydrogens is 426 g/mol. The van der Waals surface area contributed by atoms with Crippen LogP contribution in [0.5, 0.6) is 5.88 Å². The summed E-state index contributed by atoms with van der Waals surface area (Å²) in [6.07, 6.45) is 8.10. The van der Waals surface area contributed by atoms with Crippen molar-refractivity contribution in [2.24, 2.45) is 0 Å². The van der Waals surface area contributed by atoms with Gasteiger partial charge in [0, 0.05) is 29.7 Å². The molecule has 1 saturated carbocycles. The minimum absolute atomic E-state index is 0.0235. The number of aromatic nitrogens is 6. The highest BCUT2D eigenvalue weighted by molar-refractivity contribution is 7.07. The molecule has 0 radical (unpaired) electrons. The van der Waals surface area contributed by atoms with E-state index in [1.54, 1.807) is 11.7 Å². The molecule has 4 aromatic heterocycles. The Hall–Kier alpha value is -3.11. The van der Waals surface area contributed by atoms with Gasteiger partial charge in [-0.05, 0) is 31.4 Å². The molecule has 164 valence electrons. The summed E-state index contributed by atoms with van der Waals surface area (Å²) in [6, 6.07) is 6.25. The van der Waals surface area contributed by atoms with E-state index in [1.165, 1.54) is 11.3 Å². The van der Waals surface area contributed by atoms with Crippen molar-refractivity contribution in [3.05, 3.63) is 47.3 Å². The van der Waals surface area contributed by atoms with Crippen LogP contribution in [0.25, 0.3) is 16.9 Å². The molecule has 0 unspecified atom stereocenters. The number of thiazole rings is 1. The van der Waals surface area contributed by atoms with Crippen molar-refractivity contribution in [1.29, 1.82) is 0 Å². The SMILES string of the molecule is c1ccn2c([C@H]3CCC[C@@H](Nc4ncc(-c5cscn5)c(OC5COC5)n4)C3)nnc2c1. The predicted molar refractivity (Wildman–Crippen MR) is 120 cm³/mol. The molecule has 9 nitrogen and oxygen atoms in total. The molecule has 2 aliphatic rings. The molecule has 10 heteroatoms. The van der Waals surface area contributed by atoms with Crippen molar-refractivity contribution in [2.75, 3.05) is 18.5 Å². The number of hydrogen-bond acceptors (Lipinski definition) is 9. The van der Waals surface area contributed by atoms with E-state index in [-0.39, 0.29) is 12.1 Å². The van der Waals surface area contributed by atoms with Crippen LogP contribution in [0, 0.1) is 0 Å². The van der Waals surface area contributed by atoms with Gasteiger partial charge in [-0.3, -0.25) is 4.40 Å². The maximum Gasteiger partial charge on any atom is 0.228 e. The van der Waals surface area contributed by atoms with Crippen LogP contribution >= 0.6 is 11.3 Å². The number of nitrogens with one attached hydrogen (secondary N) is 1. The van der Waals surface area contributed by atoms with Crippen LogP contribution in [0.4, 0.5) is 5.95 Å². The van der Waals surface area contributed by atoms with Crippen LogP contribution in [0.2, 0.25) is 0 Å². The molecule has 0 amide bonds. The van der Waals surface area contributed by atoms with Gasteiger partial charge in [-0.15, -0.1) is 21.5 Å². The summed E-state index contributed by atoms with van der Waals surface area (Å²) in [7, 11) is 0. The van der Waals surface area contributed by atoms with Gasteiger partial charge in [-0.25, -0.2) is 9.97 Å². The summed E-state index contributed by atoms with van der Waals surface area (Å²) >= 11 is 1.54.